The Hall–Kier alpha value is -3.73. The number of carbonyl (C=O) groups is 2. The van der Waals surface area contributed by atoms with Crippen molar-refractivity contribution in [2.45, 2.75) is 51.1 Å². The minimum absolute atomic E-state index is 0.0207. The van der Waals surface area contributed by atoms with Gasteiger partial charge in [-0.2, -0.15) is 5.26 Å². The minimum Gasteiger partial charge on any atom is -0.345 e. The zero-order valence-electron chi connectivity index (χ0n) is 23.5. The van der Waals surface area contributed by atoms with Gasteiger partial charge in [0.15, 0.2) is 0 Å². The third kappa shape index (κ3) is 5.66. The van der Waals surface area contributed by atoms with E-state index in [1.807, 2.05) is 47.4 Å². The zero-order chi connectivity index (χ0) is 29.3. The lowest BCUT2D eigenvalue weighted by Crippen LogP contribution is -2.48. The van der Waals surface area contributed by atoms with Crippen molar-refractivity contribution in [3.05, 3.63) is 105 Å². The summed E-state index contributed by atoms with van der Waals surface area (Å²) in [6.45, 7) is 4.28. The molecule has 2 fully saturated rings. The van der Waals surface area contributed by atoms with E-state index in [1.54, 1.807) is 0 Å². The van der Waals surface area contributed by atoms with Gasteiger partial charge in [0.2, 0.25) is 0 Å². The number of rotatable bonds is 5. The third-order valence-corrected chi connectivity index (χ3v) is 9.84. The van der Waals surface area contributed by atoms with Gasteiger partial charge in [0.25, 0.3) is 11.8 Å². The van der Waals surface area contributed by atoms with Crippen LogP contribution >= 0.6 is 11.6 Å². The first-order valence-corrected chi connectivity index (χ1v) is 15.1. The second kappa shape index (κ2) is 11.9. The predicted octanol–water partition coefficient (Wildman–Crippen LogP) is 6.29. The van der Waals surface area contributed by atoms with Gasteiger partial charge in [0.05, 0.1) is 28.3 Å². The van der Waals surface area contributed by atoms with Crippen molar-refractivity contribution in [3.8, 4) is 6.07 Å². The van der Waals surface area contributed by atoms with Gasteiger partial charge in [-0.25, -0.2) is 4.39 Å². The number of hydrogen-bond acceptors (Lipinski definition) is 4. The van der Waals surface area contributed by atoms with E-state index in [9.17, 15) is 19.2 Å². The van der Waals surface area contributed by atoms with Crippen molar-refractivity contribution >= 4 is 23.4 Å². The molecule has 3 aromatic carbocycles. The molecule has 1 spiro atoms. The van der Waals surface area contributed by atoms with Gasteiger partial charge in [0, 0.05) is 25.2 Å². The summed E-state index contributed by atoms with van der Waals surface area (Å²) in [6, 6.07) is 19.8. The summed E-state index contributed by atoms with van der Waals surface area (Å²) in [6.07, 6.45) is 5.68. The van der Waals surface area contributed by atoms with Crippen LogP contribution in [0.15, 0.2) is 60.7 Å². The molecule has 216 valence electrons. The van der Waals surface area contributed by atoms with E-state index in [-0.39, 0.29) is 28.0 Å². The van der Waals surface area contributed by atoms with E-state index in [0.717, 1.165) is 87.1 Å². The van der Waals surface area contributed by atoms with Crippen LogP contribution in [0, 0.1) is 22.6 Å². The maximum absolute atomic E-state index is 14.3. The molecule has 3 aromatic rings. The molecule has 2 amide bonds. The number of aryl methyl sites for hydroxylation is 1. The molecule has 2 saturated heterocycles. The molecule has 1 atom stereocenters. The minimum atomic E-state index is -0.653. The van der Waals surface area contributed by atoms with Crippen LogP contribution in [0.2, 0.25) is 5.02 Å². The summed E-state index contributed by atoms with van der Waals surface area (Å²) in [4.78, 5) is 30.8. The van der Waals surface area contributed by atoms with Crippen LogP contribution in [0.1, 0.15) is 81.1 Å². The van der Waals surface area contributed by atoms with Crippen LogP contribution in [0.4, 0.5) is 4.39 Å². The molecule has 1 aliphatic carbocycles. The van der Waals surface area contributed by atoms with Crippen molar-refractivity contribution in [1.82, 2.24) is 15.1 Å². The predicted molar refractivity (Wildman–Crippen MR) is 160 cm³/mol. The number of benzene rings is 3. The van der Waals surface area contributed by atoms with Gasteiger partial charge >= 0.3 is 0 Å². The van der Waals surface area contributed by atoms with Crippen molar-refractivity contribution in [3.63, 3.8) is 0 Å². The number of piperidine rings is 2. The molecule has 2 heterocycles. The van der Waals surface area contributed by atoms with E-state index < -0.39 is 11.7 Å². The number of nitrogens with one attached hydrogen (secondary N) is 1. The van der Waals surface area contributed by atoms with Crippen molar-refractivity contribution in [2.24, 2.45) is 5.41 Å². The Morgan fingerprint density at radius 1 is 1.00 bits per heavy atom. The number of amides is 2. The maximum Gasteiger partial charge on any atom is 0.256 e. The van der Waals surface area contributed by atoms with Gasteiger partial charge in [-0.05, 0) is 104 Å². The largest absolute Gasteiger partial charge is 0.345 e. The molecular weight excluding hydrogens is 551 g/mol. The van der Waals surface area contributed by atoms with Gasteiger partial charge < -0.3 is 10.2 Å². The molecule has 8 heteroatoms. The number of carbonyl (C=O) groups excluding carboxylic acids is 2. The third-order valence-electron chi connectivity index (χ3n) is 9.53. The highest BCUT2D eigenvalue weighted by Gasteiger charge is 2.39. The molecule has 0 aromatic heterocycles. The smallest absolute Gasteiger partial charge is 0.256 e. The van der Waals surface area contributed by atoms with Crippen molar-refractivity contribution < 1.29 is 14.0 Å². The number of likely N-dealkylation sites (tertiary alicyclic amines) is 2. The number of hydrogen-bond donors (Lipinski definition) is 1. The Morgan fingerprint density at radius 3 is 2.48 bits per heavy atom. The first-order valence-electron chi connectivity index (χ1n) is 14.7. The van der Waals surface area contributed by atoms with Gasteiger partial charge in [-0.1, -0.05) is 41.9 Å². The summed E-state index contributed by atoms with van der Waals surface area (Å²) < 4.78 is 14.3. The Kier molecular flexibility index (Phi) is 8.02. The van der Waals surface area contributed by atoms with E-state index >= 15 is 0 Å². The van der Waals surface area contributed by atoms with Gasteiger partial charge in [0.1, 0.15) is 5.82 Å². The second-order valence-electron chi connectivity index (χ2n) is 11.9. The average molecular weight is 585 g/mol. The highest BCUT2D eigenvalue weighted by atomic mass is 35.5. The summed E-state index contributed by atoms with van der Waals surface area (Å²) in [7, 11) is 0. The fourth-order valence-electron chi connectivity index (χ4n) is 6.89. The van der Waals surface area contributed by atoms with E-state index in [1.165, 1.54) is 18.2 Å². The van der Waals surface area contributed by atoms with Crippen LogP contribution in [-0.2, 0) is 13.0 Å². The number of halogens is 2. The van der Waals surface area contributed by atoms with E-state index in [4.69, 9.17) is 11.6 Å². The molecular formula is C34H34ClFN4O2. The lowest BCUT2D eigenvalue weighted by molar-refractivity contribution is 0.0285. The molecule has 0 bridgehead atoms. The fourth-order valence-corrected chi connectivity index (χ4v) is 7.14. The standard InChI is InChI=1S/C34H34ClFN4O2/c35-28-6-3-7-29(36)31(28)32(41)38-30-11-10-23-8-9-24(20-27(23)30)33(42)40-18-14-34(15-19-40)12-16-39(17-13-34)22-26-5-2-1-4-25(26)21-37/h1-9,20,30H,10-19,22H2,(H,38,41). The molecule has 0 saturated carbocycles. The Labute approximate surface area is 251 Å². The van der Waals surface area contributed by atoms with Crippen LogP contribution in [0.3, 0.4) is 0 Å². The van der Waals surface area contributed by atoms with E-state index in [2.05, 4.69) is 16.3 Å². The van der Waals surface area contributed by atoms with Crippen LogP contribution in [-0.4, -0.2) is 47.8 Å². The van der Waals surface area contributed by atoms with Gasteiger partial charge in [-0.3, -0.25) is 14.5 Å². The number of nitriles is 1. The Morgan fingerprint density at radius 2 is 1.74 bits per heavy atom. The van der Waals surface area contributed by atoms with Crippen molar-refractivity contribution in [2.75, 3.05) is 26.2 Å². The average Bonchev–Trinajstić information content (AvgIpc) is 3.40. The first kappa shape index (κ1) is 28.4. The second-order valence-corrected chi connectivity index (χ2v) is 12.3. The van der Waals surface area contributed by atoms with Crippen LogP contribution < -0.4 is 5.32 Å². The lowest BCUT2D eigenvalue weighted by Gasteiger charge is -2.47. The summed E-state index contributed by atoms with van der Waals surface area (Å²) in [5.41, 5.74) is 4.59. The molecule has 6 rings (SSSR count). The monoisotopic (exact) mass is 584 g/mol. The first-order chi connectivity index (χ1) is 20.4. The summed E-state index contributed by atoms with van der Waals surface area (Å²) in [5, 5.41) is 12.4. The van der Waals surface area contributed by atoms with Crippen LogP contribution in [0.25, 0.3) is 0 Å². The molecule has 1 unspecified atom stereocenters. The maximum atomic E-state index is 14.3. The number of fused-ring (bicyclic) bond motifs is 1. The Bertz CT molecular complexity index is 1530. The fraction of sp³-hybridized carbons (Fsp3) is 0.382. The highest BCUT2D eigenvalue weighted by molar-refractivity contribution is 6.33. The molecule has 0 radical (unpaired) electrons. The normalized spacial score (nSPS) is 19.7. The molecule has 42 heavy (non-hydrogen) atoms. The molecule has 2 aliphatic heterocycles. The van der Waals surface area contributed by atoms with Crippen LogP contribution in [0.5, 0.6) is 0 Å². The number of nitrogens with zero attached hydrogens (tertiary/aromatic N) is 3. The summed E-state index contributed by atoms with van der Waals surface area (Å²) in [5.74, 6) is -1.18. The molecule has 6 nitrogen and oxygen atoms in total. The lowest BCUT2D eigenvalue weighted by atomic mass is 9.71. The van der Waals surface area contributed by atoms with E-state index in [0.29, 0.717) is 12.0 Å². The topological polar surface area (TPSA) is 76.4 Å². The molecule has 3 aliphatic rings. The highest BCUT2D eigenvalue weighted by Crippen LogP contribution is 2.42. The summed E-state index contributed by atoms with van der Waals surface area (Å²) >= 11 is 6.10. The van der Waals surface area contributed by atoms with Crippen molar-refractivity contribution in [1.29, 1.82) is 5.26 Å². The Balaban J connectivity index is 1.06. The molecule has 1 N–H and O–H groups in total. The SMILES string of the molecule is N#Cc1ccccc1CN1CCC2(CC1)CCN(C(=O)c1ccc3c(c1)C(NC(=O)c1c(F)cccc1Cl)CC3)CC2. The zero-order valence-corrected chi connectivity index (χ0v) is 24.3. The quantitative estimate of drug-likeness (QED) is 0.383. The van der Waals surface area contributed by atoms with Gasteiger partial charge in [-0.15, -0.1) is 0 Å².